The standard InChI is InChI=1S/C22H24F3N5O2/c1-15-26-7-10-29(15)9-6-21(31)30-8-5-16(13-30)20-12-18(27-28-20)14-32-19-4-2-3-17(11-19)22(23,24)25/h2-4,7,10-12,16H,5-6,8-9,13-14H2,1H3,(H,27,28). The Kier molecular flexibility index (Phi) is 6.20. The molecule has 1 aromatic carbocycles. The van der Waals surface area contributed by atoms with Crippen LogP contribution in [0.4, 0.5) is 13.2 Å². The molecule has 1 N–H and O–H groups in total. The van der Waals surface area contributed by atoms with E-state index in [1.807, 2.05) is 28.7 Å². The van der Waals surface area contributed by atoms with Crippen molar-refractivity contribution in [3.05, 3.63) is 65.5 Å². The van der Waals surface area contributed by atoms with Crippen LogP contribution in [-0.2, 0) is 24.1 Å². The molecule has 0 bridgehead atoms. The molecule has 1 unspecified atom stereocenters. The van der Waals surface area contributed by atoms with Gasteiger partial charge in [0.05, 0.1) is 17.0 Å². The number of hydrogen-bond acceptors (Lipinski definition) is 4. The first-order valence-electron chi connectivity index (χ1n) is 10.4. The fourth-order valence-corrected chi connectivity index (χ4v) is 3.83. The van der Waals surface area contributed by atoms with Crippen molar-refractivity contribution in [1.29, 1.82) is 0 Å². The van der Waals surface area contributed by atoms with E-state index < -0.39 is 11.7 Å². The molecule has 7 nitrogen and oxygen atoms in total. The van der Waals surface area contributed by atoms with Crippen molar-refractivity contribution in [3.8, 4) is 5.75 Å². The predicted molar refractivity (Wildman–Crippen MR) is 110 cm³/mol. The summed E-state index contributed by atoms with van der Waals surface area (Å²) >= 11 is 0. The number of amides is 1. The molecule has 1 saturated heterocycles. The fourth-order valence-electron chi connectivity index (χ4n) is 3.83. The van der Waals surface area contributed by atoms with Crippen LogP contribution in [0.3, 0.4) is 0 Å². The summed E-state index contributed by atoms with van der Waals surface area (Å²) in [6.07, 6.45) is 0.402. The van der Waals surface area contributed by atoms with Gasteiger partial charge in [-0.25, -0.2) is 4.98 Å². The minimum Gasteiger partial charge on any atom is -0.487 e. The number of halogens is 3. The summed E-state index contributed by atoms with van der Waals surface area (Å²) < 4.78 is 45.9. The van der Waals surface area contributed by atoms with E-state index in [4.69, 9.17) is 4.74 Å². The van der Waals surface area contributed by atoms with Gasteiger partial charge in [0.25, 0.3) is 0 Å². The lowest BCUT2D eigenvalue weighted by Crippen LogP contribution is -2.29. The fraction of sp³-hybridized carbons (Fsp3) is 0.409. The molecule has 1 amide bonds. The Balaban J connectivity index is 1.28. The van der Waals surface area contributed by atoms with Crippen LogP contribution in [0, 0.1) is 6.92 Å². The van der Waals surface area contributed by atoms with Gasteiger partial charge < -0.3 is 14.2 Å². The summed E-state index contributed by atoms with van der Waals surface area (Å²) in [5.41, 5.74) is 0.741. The Hall–Kier alpha value is -3.30. The topological polar surface area (TPSA) is 76.0 Å². The lowest BCUT2D eigenvalue weighted by molar-refractivity contribution is -0.137. The van der Waals surface area contributed by atoms with E-state index in [0.717, 1.165) is 30.1 Å². The number of aromatic nitrogens is 4. The number of hydrogen-bond donors (Lipinski definition) is 1. The first-order chi connectivity index (χ1) is 15.3. The lowest BCUT2D eigenvalue weighted by Gasteiger charge is -2.16. The zero-order valence-electron chi connectivity index (χ0n) is 17.6. The highest BCUT2D eigenvalue weighted by Crippen LogP contribution is 2.31. The third-order valence-electron chi connectivity index (χ3n) is 5.66. The Morgan fingerprint density at radius 2 is 2.16 bits per heavy atom. The van der Waals surface area contributed by atoms with E-state index in [2.05, 4.69) is 15.2 Å². The zero-order valence-corrected chi connectivity index (χ0v) is 17.6. The van der Waals surface area contributed by atoms with Gasteiger partial charge in [0.2, 0.25) is 5.91 Å². The van der Waals surface area contributed by atoms with Crippen LogP contribution in [0.2, 0.25) is 0 Å². The Labute approximate surface area is 183 Å². The van der Waals surface area contributed by atoms with E-state index in [1.54, 1.807) is 6.20 Å². The average Bonchev–Trinajstić information content (AvgIpc) is 3.51. The molecule has 3 heterocycles. The number of rotatable bonds is 7. The highest BCUT2D eigenvalue weighted by Gasteiger charge is 2.31. The minimum atomic E-state index is -4.41. The molecular weight excluding hydrogens is 423 g/mol. The number of alkyl halides is 3. The van der Waals surface area contributed by atoms with Gasteiger partial charge in [0, 0.05) is 44.4 Å². The largest absolute Gasteiger partial charge is 0.487 e. The van der Waals surface area contributed by atoms with Crippen LogP contribution in [0.1, 0.15) is 41.5 Å². The molecule has 1 fully saturated rings. The number of aryl methyl sites for hydroxylation is 2. The maximum absolute atomic E-state index is 12.8. The van der Waals surface area contributed by atoms with E-state index in [1.165, 1.54) is 12.1 Å². The monoisotopic (exact) mass is 447 g/mol. The number of carbonyl (C=O) groups is 1. The number of imidazole rings is 1. The normalized spacial score (nSPS) is 16.5. The van der Waals surface area contributed by atoms with E-state index in [9.17, 15) is 18.0 Å². The van der Waals surface area contributed by atoms with Crippen molar-refractivity contribution in [3.63, 3.8) is 0 Å². The molecule has 10 heteroatoms. The highest BCUT2D eigenvalue weighted by molar-refractivity contribution is 5.76. The molecule has 0 aliphatic carbocycles. The molecule has 0 spiro atoms. The molecule has 0 radical (unpaired) electrons. The number of carbonyl (C=O) groups excluding carboxylic acids is 1. The molecule has 1 aliphatic rings. The van der Waals surface area contributed by atoms with Crippen LogP contribution in [0.25, 0.3) is 0 Å². The van der Waals surface area contributed by atoms with Gasteiger partial charge in [0.15, 0.2) is 0 Å². The van der Waals surface area contributed by atoms with Gasteiger partial charge in [-0.15, -0.1) is 0 Å². The number of nitrogens with zero attached hydrogens (tertiary/aromatic N) is 4. The molecule has 1 atom stereocenters. The maximum atomic E-state index is 12.8. The molecule has 2 aromatic heterocycles. The molecule has 4 rings (SSSR count). The quantitative estimate of drug-likeness (QED) is 0.596. The third-order valence-corrected chi connectivity index (χ3v) is 5.66. The zero-order chi connectivity index (χ0) is 22.7. The number of likely N-dealkylation sites (tertiary alicyclic amines) is 1. The first-order valence-corrected chi connectivity index (χ1v) is 10.4. The second-order valence-corrected chi connectivity index (χ2v) is 7.88. The van der Waals surface area contributed by atoms with Crippen molar-refractivity contribution in [2.45, 2.75) is 45.0 Å². The summed E-state index contributed by atoms with van der Waals surface area (Å²) in [6.45, 7) is 3.86. The summed E-state index contributed by atoms with van der Waals surface area (Å²) in [4.78, 5) is 18.6. The highest BCUT2D eigenvalue weighted by atomic mass is 19.4. The molecule has 170 valence electrons. The van der Waals surface area contributed by atoms with Crippen molar-refractivity contribution < 1.29 is 22.7 Å². The average molecular weight is 447 g/mol. The molecule has 1 aliphatic heterocycles. The van der Waals surface area contributed by atoms with E-state index in [-0.39, 0.29) is 24.2 Å². The second-order valence-electron chi connectivity index (χ2n) is 7.88. The summed E-state index contributed by atoms with van der Waals surface area (Å²) in [5.74, 6) is 1.24. The number of nitrogens with one attached hydrogen (secondary N) is 1. The third kappa shape index (κ3) is 5.12. The number of ether oxygens (including phenoxy) is 1. The van der Waals surface area contributed by atoms with E-state index in [0.29, 0.717) is 31.7 Å². The molecular formula is C22H24F3N5O2. The first kappa shape index (κ1) is 21.9. The van der Waals surface area contributed by atoms with Crippen molar-refractivity contribution in [2.24, 2.45) is 0 Å². The van der Waals surface area contributed by atoms with Gasteiger partial charge in [-0.3, -0.25) is 9.89 Å². The van der Waals surface area contributed by atoms with Crippen molar-refractivity contribution >= 4 is 5.91 Å². The second kappa shape index (κ2) is 9.05. The van der Waals surface area contributed by atoms with Gasteiger partial charge in [-0.1, -0.05) is 6.07 Å². The van der Waals surface area contributed by atoms with Crippen LogP contribution in [0.15, 0.2) is 42.7 Å². The minimum absolute atomic E-state index is 0.0773. The van der Waals surface area contributed by atoms with Gasteiger partial charge >= 0.3 is 6.18 Å². The van der Waals surface area contributed by atoms with Crippen LogP contribution in [-0.4, -0.2) is 43.6 Å². The number of aromatic amines is 1. The predicted octanol–water partition coefficient (Wildman–Crippen LogP) is 3.92. The number of H-pyrrole nitrogens is 1. The molecule has 0 saturated carbocycles. The summed E-state index contributed by atoms with van der Waals surface area (Å²) in [7, 11) is 0. The van der Waals surface area contributed by atoms with Crippen LogP contribution < -0.4 is 4.74 Å². The Bertz CT molecular complexity index is 1080. The lowest BCUT2D eigenvalue weighted by atomic mass is 10.1. The van der Waals surface area contributed by atoms with Crippen LogP contribution >= 0.6 is 0 Å². The molecule has 3 aromatic rings. The van der Waals surface area contributed by atoms with Gasteiger partial charge in [-0.2, -0.15) is 18.3 Å². The SMILES string of the molecule is Cc1nccn1CCC(=O)N1CCC(c2cc(COc3cccc(C(F)(F)F)c3)[nH]n2)C1. The van der Waals surface area contributed by atoms with E-state index >= 15 is 0 Å². The molecule has 32 heavy (non-hydrogen) atoms. The smallest absolute Gasteiger partial charge is 0.416 e. The van der Waals surface area contributed by atoms with Crippen molar-refractivity contribution in [1.82, 2.24) is 24.6 Å². The number of benzene rings is 1. The Morgan fingerprint density at radius 1 is 1.31 bits per heavy atom. The van der Waals surface area contributed by atoms with Gasteiger partial charge in [0.1, 0.15) is 18.2 Å². The maximum Gasteiger partial charge on any atom is 0.416 e. The van der Waals surface area contributed by atoms with Gasteiger partial charge in [-0.05, 0) is 37.6 Å². The van der Waals surface area contributed by atoms with Crippen molar-refractivity contribution in [2.75, 3.05) is 13.1 Å². The summed E-state index contributed by atoms with van der Waals surface area (Å²) in [6, 6.07) is 6.63. The van der Waals surface area contributed by atoms with Crippen LogP contribution in [0.5, 0.6) is 5.75 Å². The Morgan fingerprint density at radius 3 is 2.91 bits per heavy atom. The summed E-state index contributed by atoms with van der Waals surface area (Å²) in [5, 5.41) is 7.20.